The van der Waals surface area contributed by atoms with Crippen molar-refractivity contribution in [3.05, 3.63) is 104 Å². The fraction of sp³-hybridized carbons (Fsp3) is 0.0400. The second kappa shape index (κ2) is 8.70. The molecule has 0 aliphatic carbocycles. The molecule has 4 aromatic rings. The van der Waals surface area contributed by atoms with Crippen LogP contribution in [-0.2, 0) is 20.1 Å². The topological polar surface area (TPSA) is 28.6 Å². The number of rotatable bonds is 1. The number of pyridine rings is 1. The van der Waals surface area contributed by atoms with E-state index >= 15 is 0 Å². The largest absolute Gasteiger partial charge is 3.00 e. The van der Waals surface area contributed by atoms with Crippen molar-refractivity contribution in [3.8, 4) is 22.8 Å². The van der Waals surface area contributed by atoms with Gasteiger partial charge in [0.1, 0.15) is 5.75 Å². The van der Waals surface area contributed by atoms with Gasteiger partial charge in [0.25, 0.3) is 0 Å². The van der Waals surface area contributed by atoms with E-state index in [0.717, 1.165) is 39.8 Å². The van der Waals surface area contributed by atoms with Crippen LogP contribution in [0.4, 0.5) is 17.1 Å². The van der Waals surface area contributed by atoms with Gasteiger partial charge in [0.05, 0.1) is 5.69 Å². The van der Waals surface area contributed by atoms with Crippen molar-refractivity contribution in [3.63, 3.8) is 0 Å². The number of anilines is 3. The SMILES string of the molecule is CN1[CH-]N2c3[c-]cccc3Oc3cccc1c32.[Ir+3].[c-]1ccccc1-c1ccccn1. The van der Waals surface area contributed by atoms with E-state index in [1.54, 1.807) is 6.20 Å². The van der Waals surface area contributed by atoms with Crippen LogP contribution in [0.1, 0.15) is 0 Å². The van der Waals surface area contributed by atoms with Gasteiger partial charge in [0.2, 0.25) is 0 Å². The Bertz CT molecular complexity index is 1100. The fourth-order valence-corrected chi connectivity index (χ4v) is 3.46. The fourth-order valence-electron chi connectivity index (χ4n) is 3.46. The van der Waals surface area contributed by atoms with Gasteiger partial charge >= 0.3 is 20.1 Å². The summed E-state index contributed by atoms with van der Waals surface area (Å²) in [6.07, 6.45) is 1.79. The third-order valence-electron chi connectivity index (χ3n) is 4.80. The number of hydrogen-bond donors (Lipinski definition) is 0. The summed E-state index contributed by atoms with van der Waals surface area (Å²) < 4.78 is 5.90. The first-order chi connectivity index (χ1) is 14.3. The Kier molecular flexibility index (Phi) is 5.84. The third-order valence-corrected chi connectivity index (χ3v) is 4.80. The van der Waals surface area contributed by atoms with Gasteiger partial charge in [-0.3, -0.25) is 0 Å². The van der Waals surface area contributed by atoms with Crippen LogP contribution in [0, 0.1) is 18.8 Å². The smallest absolute Gasteiger partial charge is 0.513 e. The Morgan fingerprint density at radius 1 is 0.867 bits per heavy atom. The zero-order chi connectivity index (χ0) is 19.6. The Hall–Kier alpha value is -3.14. The minimum Gasteiger partial charge on any atom is -0.513 e. The summed E-state index contributed by atoms with van der Waals surface area (Å²) >= 11 is 0. The number of ether oxygens (including phenoxy) is 1. The summed E-state index contributed by atoms with van der Waals surface area (Å²) in [7, 11) is 2.04. The number of fused-ring (bicyclic) bond motifs is 2. The molecule has 6 rings (SSSR count). The molecular formula is C25H18IrN3O. The molecule has 0 bridgehead atoms. The van der Waals surface area contributed by atoms with E-state index in [-0.39, 0.29) is 20.1 Å². The van der Waals surface area contributed by atoms with Crippen molar-refractivity contribution in [2.24, 2.45) is 0 Å². The maximum Gasteiger partial charge on any atom is 3.00 e. The average molecular weight is 569 g/mol. The van der Waals surface area contributed by atoms with Crippen LogP contribution in [0.3, 0.4) is 0 Å². The van der Waals surface area contributed by atoms with Crippen LogP contribution in [-0.4, -0.2) is 12.0 Å². The van der Waals surface area contributed by atoms with Gasteiger partial charge in [-0.25, -0.2) is 0 Å². The van der Waals surface area contributed by atoms with Gasteiger partial charge in [0.15, 0.2) is 0 Å². The van der Waals surface area contributed by atoms with E-state index in [4.69, 9.17) is 4.74 Å². The second-order valence-electron chi connectivity index (χ2n) is 6.70. The summed E-state index contributed by atoms with van der Waals surface area (Å²) in [6.45, 7) is 2.06. The van der Waals surface area contributed by atoms with E-state index < -0.39 is 0 Å². The number of benzene rings is 3. The molecule has 0 amide bonds. The van der Waals surface area contributed by atoms with Crippen LogP contribution in [0.25, 0.3) is 11.3 Å². The number of aromatic nitrogens is 1. The minimum atomic E-state index is 0. The Morgan fingerprint density at radius 2 is 1.70 bits per heavy atom. The first-order valence-corrected chi connectivity index (χ1v) is 9.38. The summed E-state index contributed by atoms with van der Waals surface area (Å²) in [5.74, 6) is 1.75. The van der Waals surface area contributed by atoms with E-state index in [1.165, 1.54) is 0 Å². The van der Waals surface area contributed by atoms with Crippen molar-refractivity contribution in [1.82, 2.24) is 4.98 Å². The summed E-state index contributed by atoms with van der Waals surface area (Å²) in [5.41, 5.74) is 5.24. The normalized spacial score (nSPS) is 12.6. The molecule has 0 saturated heterocycles. The van der Waals surface area contributed by atoms with Crippen molar-refractivity contribution in [2.45, 2.75) is 0 Å². The van der Waals surface area contributed by atoms with Gasteiger partial charge in [-0.15, -0.1) is 42.0 Å². The molecule has 2 aliphatic heterocycles. The quantitative estimate of drug-likeness (QED) is 0.270. The number of hydrogen-bond acceptors (Lipinski definition) is 4. The molecule has 2 aliphatic rings. The Balaban J connectivity index is 0.000000149. The van der Waals surface area contributed by atoms with E-state index in [1.807, 2.05) is 79.8 Å². The zero-order valence-electron chi connectivity index (χ0n) is 16.2. The summed E-state index contributed by atoms with van der Waals surface area (Å²) in [5, 5.41) is 0. The molecule has 0 N–H and O–H groups in total. The molecular weight excluding hydrogens is 551 g/mol. The molecule has 3 heterocycles. The van der Waals surface area contributed by atoms with Crippen molar-refractivity contribution in [2.75, 3.05) is 16.8 Å². The molecule has 148 valence electrons. The molecule has 0 fully saturated rings. The first kappa shape index (κ1) is 20.1. The average Bonchev–Trinajstić information content (AvgIpc) is 3.14. The van der Waals surface area contributed by atoms with Crippen molar-refractivity contribution >= 4 is 17.1 Å². The molecule has 0 spiro atoms. The van der Waals surface area contributed by atoms with Gasteiger partial charge in [0, 0.05) is 17.6 Å². The standard InChI is InChI=1S/C14H10N2O.C11H8N.Ir/c1-15-9-16-10-5-2-3-7-12(10)17-13-8-4-6-11(15)14(13)16;1-2-6-10(7-3-1)11-8-4-5-9-12-11;/h2-4,6-9H,1H3;1-6,8-9H;/q-2;-1;+3. The van der Waals surface area contributed by atoms with Crippen LogP contribution in [0.15, 0.2) is 85.1 Å². The molecule has 5 heteroatoms. The molecule has 30 heavy (non-hydrogen) atoms. The number of nitrogens with zero attached hydrogens (tertiary/aromatic N) is 3. The van der Waals surface area contributed by atoms with Crippen molar-refractivity contribution in [1.29, 1.82) is 0 Å². The van der Waals surface area contributed by atoms with Crippen LogP contribution < -0.4 is 14.5 Å². The van der Waals surface area contributed by atoms with Gasteiger partial charge in [-0.2, -0.15) is 24.9 Å². The third kappa shape index (κ3) is 3.70. The molecule has 3 aromatic carbocycles. The van der Waals surface area contributed by atoms with Gasteiger partial charge < -0.3 is 19.5 Å². The first-order valence-electron chi connectivity index (χ1n) is 9.38. The van der Waals surface area contributed by atoms with Crippen LogP contribution >= 0.6 is 0 Å². The monoisotopic (exact) mass is 569 g/mol. The van der Waals surface area contributed by atoms with E-state index in [2.05, 4.69) is 39.7 Å². The molecule has 1 aromatic heterocycles. The predicted octanol–water partition coefficient (Wildman–Crippen LogP) is 5.85. The van der Waals surface area contributed by atoms with Gasteiger partial charge in [-0.05, 0) is 30.9 Å². The molecule has 4 nitrogen and oxygen atoms in total. The number of para-hydroxylation sites is 2. The zero-order valence-corrected chi connectivity index (χ0v) is 18.6. The summed E-state index contributed by atoms with van der Waals surface area (Å²) in [4.78, 5) is 8.44. The Morgan fingerprint density at radius 3 is 2.50 bits per heavy atom. The van der Waals surface area contributed by atoms with E-state index in [9.17, 15) is 0 Å². The molecule has 0 atom stereocenters. The maximum absolute atomic E-state index is 5.90. The predicted molar refractivity (Wildman–Crippen MR) is 115 cm³/mol. The maximum atomic E-state index is 5.90. The van der Waals surface area contributed by atoms with Crippen LogP contribution in [0.2, 0.25) is 0 Å². The second-order valence-corrected chi connectivity index (χ2v) is 6.70. The Labute approximate surface area is 190 Å². The molecule has 0 radical (unpaired) electrons. The van der Waals surface area contributed by atoms with Crippen LogP contribution in [0.5, 0.6) is 11.5 Å². The minimum absolute atomic E-state index is 0. The van der Waals surface area contributed by atoms with E-state index in [0.29, 0.717) is 0 Å². The molecule has 0 unspecified atom stereocenters. The summed E-state index contributed by atoms with van der Waals surface area (Å²) in [6, 6.07) is 32.0. The van der Waals surface area contributed by atoms with Gasteiger partial charge in [-0.1, -0.05) is 23.9 Å². The van der Waals surface area contributed by atoms with Crippen molar-refractivity contribution < 1.29 is 24.8 Å². The molecule has 0 saturated carbocycles.